The maximum absolute atomic E-state index is 13.6. The van der Waals surface area contributed by atoms with Gasteiger partial charge in [-0.25, -0.2) is 9.18 Å². The second-order valence-corrected chi connectivity index (χ2v) is 5.91. The second kappa shape index (κ2) is 9.36. The van der Waals surface area contributed by atoms with Gasteiger partial charge < -0.3 is 19.5 Å². The van der Waals surface area contributed by atoms with Gasteiger partial charge in [0.1, 0.15) is 11.5 Å². The molecule has 0 unspecified atom stereocenters. The van der Waals surface area contributed by atoms with Gasteiger partial charge in [0.25, 0.3) is 5.91 Å². The van der Waals surface area contributed by atoms with Crippen molar-refractivity contribution in [2.24, 2.45) is 0 Å². The van der Waals surface area contributed by atoms with Crippen LogP contribution >= 0.6 is 0 Å². The first kappa shape index (κ1) is 19.9. The Morgan fingerprint density at radius 2 is 1.62 bits per heavy atom. The van der Waals surface area contributed by atoms with Gasteiger partial charge in [0, 0.05) is 5.69 Å². The zero-order valence-corrected chi connectivity index (χ0v) is 15.6. The van der Waals surface area contributed by atoms with Crippen LogP contribution in [0.2, 0.25) is 0 Å². The zero-order chi connectivity index (χ0) is 20.6. The number of hydrogen-bond acceptors (Lipinski definition) is 5. The molecule has 29 heavy (non-hydrogen) atoms. The molecule has 0 aliphatic carbocycles. The lowest BCUT2D eigenvalue weighted by Crippen LogP contribution is -2.21. The quantitative estimate of drug-likeness (QED) is 0.600. The minimum absolute atomic E-state index is 0.0129. The summed E-state index contributed by atoms with van der Waals surface area (Å²) in [7, 11) is 1.32. The molecule has 0 aromatic heterocycles. The summed E-state index contributed by atoms with van der Waals surface area (Å²) in [6, 6.07) is 19.7. The van der Waals surface area contributed by atoms with Crippen molar-refractivity contribution in [3.05, 3.63) is 84.2 Å². The van der Waals surface area contributed by atoms with Gasteiger partial charge in [0.2, 0.25) is 0 Å². The molecule has 6 nitrogen and oxygen atoms in total. The fourth-order valence-corrected chi connectivity index (χ4v) is 2.44. The van der Waals surface area contributed by atoms with Crippen LogP contribution in [0, 0.1) is 5.82 Å². The minimum Gasteiger partial charge on any atom is -0.494 e. The number of carbonyl (C=O) groups is 2. The van der Waals surface area contributed by atoms with Crippen molar-refractivity contribution in [1.29, 1.82) is 0 Å². The van der Waals surface area contributed by atoms with E-state index in [1.54, 1.807) is 24.3 Å². The highest BCUT2D eigenvalue weighted by Gasteiger charge is 2.13. The molecule has 0 heterocycles. The number of hydrogen-bond donors (Lipinski definition) is 1. The van der Waals surface area contributed by atoms with E-state index in [-0.39, 0.29) is 11.3 Å². The molecule has 0 bridgehead atoms. The van der Waals surface area contributed by atoms with Crippen LogP contribution in [0.15, 0.2) is 72.8 Å². The molecule has 0 atom stereocenters. The second-order valence-electron chi connectivity index (χ2n) is 5.91. The lowest BCUT2D eigenvalue weighted by Gasteiger charge is -2.09. The van der Waals surface area contributed by atoms with E-state index in [2.05, 4.69) is 5.32 Å². The number of carbonyl (C=O) groups excluding carboxylic acids is 2. The Balaban J connectivity index is 1.50. The van der Waals surface area contributed by atoms with Crippen molar-refractivity contribution in [3.63, 3.8) is 0 Å². The van der Waals surface area contributed by atoms with Crippen molar-refractivity contribution in [3.8, 4) is 17.2 Å². The van der Waals surface area contributed by atoms with Gasteiger partial charge in [0.05, 0.1) is 12.7 Å². The number of methoxy groups -OCH3 is 1. The van der Waals surface area contributed by atoms with Crippen LogP contribution in [0.1, 0.15) is 10.4 Å². The summed E-state index contributed by atoms with van der Waals surface area (Å²) in [5.74, 6) is -0.700. The highest BCUT2D eigenvalue weighted by Crippen LogP contribution is 2.22. The monoisotopic (exact) mass is 395 g/mol. The van der Waals surface area contributed by atoms with Crippen LogP contribution in [0.4, 0.5) is 10.1 Å². The Bertz CT molecular complexity index is 990. The number of amides is 1. The molecule has 3 aromatic carbocycles. The van der Waals surface area contributed by atoms with Gasteiger partial charge in [-0.3, -0.25) is 4.79 Å². The molecular formula is C22H18FNO5. The van der Waals surface area contributed by atoms with Gasteiger partial charge in [-0.15, -0.1) is 0 Å². The first-order valence-electron chi connectivity index (χ1n) is 8.68. The smallest absolute Gasteiger partial charge is 0.338 e. The number of para-hydroxylation sites is 1. The number of ether oxygens (including phenoxy) is 3. The van der Waals surface area contributed by atoms with Crippen LogP contribution < -0.4 is 14.8 Å². The van der Waals surface area contributed by atoms with Crippen LogP contribution in [0.3, 0.4) is 0 Å². The summed E-state index contributed by atoms with van der Waals surface area (Å²) >= 11 is 0. The fraction of sp³-hybridized carbons (Fsp3) is 0.0909. The number of anilines is 1. The van der Waals surface area contributed by atoms with Crippen LogP contribution in [-0.2, 0) is 9.53 Å². The highest BCUT2D eigenvalue weighted by molar-refractivity contribution is 5.95. The number of esters is 1. The van der Waals surface area contributed by atoms with E-state index < -0.39 is 24.3 Å². The molecule has 7 heteroatoms. The average molecular weight is 395 g/mol. The lowest BCUT2D eigenvalue weighted by atomic mass is 10.2. The number of rotatable bonds is 7. The third kappa shape index (κ3) is 5.55. The van der Waals surface area contributed by atoms with Gasteiger partial charge >= 0.3 is 5.97 Å². The summed E-state index contributed by atoms with van der Waals surface area (Å²) in [6.07, 6.45) is 0. The Hall–Kier alpha value is -3.87. The van der Waals surface area contributed by atoms with E-state index in [0.29, 0.717) is 17.2 Å². The van der Waals surface area contributed by atoms with E-state index in [1.807, 2.05) is 30.3 Å². The summed E-state index contributed by atoms with van der Waals surface area (Å²) in [5, 5.41) is 2.60. The van der Waals surface area contributed by atoms with E-state index >= 15 is 0 Å². The SMILES string of the molecule is COc1ccc(C(=O)OCC(=O)Nc2ccc(Oc3ccccc3)cc2)cc1F. The molecule has 1 N–H and O–H groups in total. The molecule has 0 saturated heterocycles. The van der Waals surface area contributed by atoms with Gasteiger partial charge in [-0.2, -0.15) is 0 Å². The van der Waals surface area contributed by atoms with Crippen LogP contribution in [-0.4, -0.2) is 25.6 Å². The maximum Gasteiger partial charge on any atom is 0.338 e. The molecule has 0 radical (unpaired) electrons. The number of benzene rings is 3. The molecule has 3 aromatic rings. The molecule has 3 rings (SSSR count). The Labute approximate surface area is 166 Å². The van der Waals surface area contributed by atoms with Crippen molar-refractivity contribution < 1.29 is 28.2 Å². The third-order valence-electron chi connectivity index (χ3n) is 3.84. The van der Waals surface area contributed by atoms with Crippen LogP contribution in [0.25, 0.3) is 0 Å². The molecule has 1 amide bonds. The Morgan fingerprint density at radius 1 is 0.931 bits per heavy atom. The molecule has 148 valence electrons. The normalized spacial score (nSPS) is 10.1. The number of halogens is 1. The van der Waals surface area contributed by atoms with Gasteiger partial charge in [-0.1, -0.05) is 18.2 Å². The van der Waals surface area contributed by atoms with Crippen molar-refractivity contribution in [2.45, 2.75) is 0 Å². The molecule has 0 aliphatic rings. The first-order chi connectivity index (χ1) is 14.0. The maximum atomic E-state index is 13.6. The molecular weight excluding hydrogens is 377 g/mol. The summed E-state index contributed by atoms with van der Waals surface area (Å²) < 4.78 is 29.0. The van der Waals surface area contributed by atoms with Crippen molar-refractivity contribution in [2.75, 3.05) is 19.0 Å². The van der Waals surface area contributed by atoms with E-state index in [4.69, 9.17) is 14.2 Å². The van der Waals surface area contributed by atoms with E-state index in [1.165, 1.54) is 19.2 Å². The Morgan fingerprint density at radius 3 is 2.28 bits per heavy atom. The van der Waals surface area contributed by atoms with Gasteiger partial charge in [0.15, 0.2) is 18.2 Å². The largest absolute Gasteiger partial charge is 0.494 e. The van der Waals surface area contributed by atoms with Crippen molar-refractivity contribution >= 4 is 17.6 Å². The average Bonchev–Trinajstić information content (AvgIpc) is 2.74. The predicted molar refractivity (Wildman–Crippen MR) is 105 cm³/mol. The minimum atomic E-state index is -0.812. The molecule has 0 saturated carbocycles. The number of nitrogens with one attached hydrogen (secondary N) is 1. The predicted octanol–water partition coefficient (Wildman–Crippen LogP) is 4.42. The Kier molecular flexibility index (Phi) is 6.42. The summed E-state index contributed by atoms with van der Waals surface area (Å²) in [4.78, 5) is 23.9. The standard InChI is InChI=1S/C22H18FNO5/c1-27-20-12-7-15(13-19(20)23)22(26)28-14-21(25)24-16-8-10-18(11-9-16)29-17-5-3-2-4-6-17/h2-13H,14H2,1H3,(H,24,25). The molecule has 0 spiro atoms. The molecule has 0 aliphatic heterocycles. The highest BCUT2D eigenvalue weighted by atomic mass is 19.1. The zero-order valence-electron chi connectivity index (χ0n) is 15.6. The summed E-state index contributed by atoms with van der Waals surface area (Å²) in [5.41, 5.74) is 0.500. The van der Waals surface area contributed by atoms with Crippen LogP contribution in [0.5, 0.6) is 17.2 Å². The van der Waals surface area contributed by atoms with Gasteiger partial charge in [-0.05, 0) is 54.6 Å². The fourth-order valence-electron chi connectivity index (χ4n) is 2.44. The first-order valence-corrected chi connectivity index (χ1v) is 8.68. The van der Waals surface area contributed by atoms with E-state index in [0.717, 1.165) is 6.07 Å². The lowest BCUT2D eigenvalue weighted by molar-refractivity contribution is -0.119. The van der Waals surface area contributed by atoms with Crippen molar-refractivity contribution in [1.82, 2.24) is 0 Å². The third-order valence-corrected chi connectivity index (χ3v) is 3.84. The van der Waals surface area contributed by atoms with E-state index in [9.17, 15) is 14.0 Å². The summed E-state index contributed by atoms with van der Waals surface area (Å²) in [6.45, 7) is -0.505. The topological polar surface area (TPSA) is 73.9 Å². The molecule has 0 fully saturated rings.